The second-order valence-electron chi connectivity index (χ2n) is 9.04. The summed E-state index contributed by atoms with van der Waals surface area (Å²) in [6.45, 7) is 8.40. The van der Waals surface area contributed by atoms with Crippen LogP contribution < -0.4 is 10.1 Å². The predicted molar refractivity (Wildman–Crippen MR) is 114 cm³/mol. The molecule has 30 heavy (non-hydrogen) atoms. The van der Waals surface area contributed by atoms with Crippen molar-refractivity contribution in [3.8, 4) is 5.75 Å². The Morgan fingerprint density at radius 2 is 1.73 bits per heavy atom. The number of carbonyl (C=O) groups excluding carboxylic acids is 2. The molecule has 0 radical (unpaired) electrons. The molecule has 2 saturated heterocycles. The minimum absolute atomic E-state index is 0.0160. The molecular formula is C23H28N4O3. The van der Waals surface area contributed by atoms with Gasteiger partial charge in [-0.15, -0.1) is 0 Å². The lowest BCUT2D eigenvalue weighted by molar-refractivity contribution is -0.148. The highest BCUT2D eigenvalue weighted by atomic mass is 16.5. The number of aromatic nitrogens is 1. The third-order valence-electron chi connectivity index (χ3n) is 5.51. The Morgan fingerprint density at radius 3 is 2.33 bits per heavy atom. The predicted octanol–water partition coefficient (Wildman–Crippen LogP) is 3.35. The zero-order chi connectivity index (χ0) is 21.3. The maximum Gasteiger partial charge on any atom is 0.321 e. The van der Waals surface area contributed by atoms with E-state index in [0.717, 1.165) is 11.4 Å². The highest BCUT2D eigenvalue weighted by molar-refractivity contribution is 5.90. The first-order valence-electron chi connectivity index (χ1n) is 10.3. The van der Waals surface area contributed by atoms with E-state index < -0.39 is 0 Å². The van der Waals surface area contributed by atoms with E-state index in [0.29, 0.717) is 32.1 Å². The van der Waals surface area contributed by atoms with E-state index in [9.17, 15) is 9.59 Å². The molecule has 3 heterocycles. The fourth-order valence-corrected chi connectivity index (χ4v) is 3.64. The quantitative estimate of drug-likeness (QED) is 0.842. The first-order chi connectivity index (χ1) is 14.3. The number of hydrogen-bond donors (Lipinski definition) is 1. The normalized spacial score (nSPS) is 17.2. The number of ether oxygens (including phenoxy) is 1. The zero-order valence-corrected chi connectivity index (χ0v) is 17.7. The third kappa shape index (κ3) is 4.40. The van der Waals surface area contributed by atoms with Gasteiger partial charge >= 0.3 is 6.03 Å². The van der Waals surface area contributed by atoms with Crippen molar-refractivity contribution in [1.82, 2.24) is 14.8 Å². The van der Waals surface area contributed by atoms with Gasteiger partial charge in [-0.1, -0.05) is 26.8 Å². The van der Waals surface area contributed by atoms with Crippen LogP contribution in [0.3, 0.4) is 0 Å². The number of urea groups is 1. The SMILES string of the molecule is CC(C)(C)C(=O)N1CC(Oc2ccc(NC(=O)N3CC(c4cccnc4)C3)cc2)C1. The van der Waals surface area contributed by atoms with Gasteiger partial charge in [-0.2, -0.15) is 0 Å². The van der Waals surface area contributed by atoms with Gasteiger partial charge < -0.3 is 19.9 Å². The molecule has 0 saturated carbocycles. The minimum Gasteiger partial charge on any atom is -0.487 e. The summed E-state index contributed by atoms with van der Waals surface area (Å²) in [6, 6.07) is 11.2. The monoisotopic (exact) mass is 408 g/mol. The van der Waals surface area contributed by atoms with Crippen LogP contribution in [0, 0.1) is 5.41 Å². The van der Waals surface area contributed by atoms with Crippen molar-refractivity contribution in [2.24, 2.45) is 5.41 Å². The van der Waals surface area contributed by atoms with Crippen LogP contribution >= 0.6 is 0 Å². The number of anilines is 1. The average molecular weight is 409 g/mol. The molecule has 7 heteroatoms. The number of pyridine rings is 1. The standard InChI is InChI=1S/C23H28N4O3/c1-23(2,3)21(28)26-14-20(15-26)30-19-8-6-18(7-9-19)25-22(29)27-12-17(13-27)16-5-4-10-24-11-16/h4-11,17,20H,12-15H2,1-3H3,(H,25,29). The number of nitrogens with one attached hydrogen (secondary N) is 1. The highest BCUT2D eigenvalue weighted by Gasteiger charge is 2.37. The largest absolute Gasteiger partial charge is 0.487 e. The summed E-state index contributed by atoms with van der Waals surface area (Å²) < 4.78 is 5.92. The van der Waals surface area contributed by atoms with Crippen LogP contribution in [-0.2, 0) is 4.79 Å². The summed E-state index contributed by atoms with van der Waals surface area (Å²) in [7, 11) is 0. The third-order valence-corrected chi connectivity index (χ3v) is 5.51. The topological polar surface area (TPSA) is 74.8 Å². The molecule has 0 unspecified atom stereocenters. The molecule has 1 aromatic heterocycles. The summed E-state index contributed by atoms with van der Waals surface area (Å²) in [5.41, 5.74) is 1.54. The van der Waals surface area contributed by atoms with Gasteiger partial charge in [-0.25, -0.2) is 4.79 Å². The molecule has 7 nitrogen and oxygen atoms in total. The van der Waals surface area contributed by atoms with Crippen LogP contribution in [-0.4, -0.2) is 59.0 Å². The highest BCUT2D eigenvalue weighted by Crippen LogP contribution is 2.28. The molecule has 2 aromatic rings. The lowest BCUT2D eigenvalue weighted by Gasteiger charge is -2.42. The number of hydrogen-bond acceptors (Lipinski definition) is 4. The van der Waals surface area contributed by atoms with Gasteiger partial charge in [0.2, 0.25) is 5.91 Å². The van der Waals surface area contributed by atoms with Crippen molar-refractivity contribution in [1.29, 1.82) is 0 Å². The van der Waals surface area contributed by atoms with Gasteiger partial charge in [0.25, 0.3) is 0 Å². The molecule has 2 fully saturated rings. The summed E-state index contributed by atoms with van der Waals surface area (Å²) in [5, 5.41) is 2.93. The van der Waals surface area contributed by atoms with Gasteiger partial charge in [-0.05, 0) is 35.9 Å². The zero-order valence-electron chi connectivity index (χ0n) is 17.7. The van der Waals surface area contributed by atoms with Gasteiger partial charge in [0.05, 0.1) is 13.1 Å². The van der Waals surface area contributed by atoms with Crippen molar-refractivity contribution in [3.63, 3.8) is 0 Å². The maximum absolute atomic E-state index is 12.4. The molecule has 3 amide bonds. The Morgan fingerprint density at radius 1 is 1.03 bits per heavy atom. The van der Waals surface area contributed by atoms with Gasteiger partial charge in [0, 0.05) is 42.5 Å². The van der Waals surface area contributed by atoms with Crippen LogP contribution in [0.15, 0.2) is 48.8 Å². The number of nitrogens with zero attached hydrogens (tertiary/aromatic N) is 3. The lowest BCUT2D eigenvalue weighted by Crippen LogP contribution is -2.58. The second kappa shape index (κ2) is 7.97. The van der Waals surface area contributed by atoms with E-state index in [1.54, 1.807) is 11.1 Å². The van der Waals surface area contributed by atoms with Gasteiger partial charge in [0.15, 0.2) is 0 Å². The molecule has 2 aliphatic heterocycles. The summed E-state index contributed by atoms with van der Waals surface area (Å²) in [5.74, 6) is 1.24. The lowest BCUT2D eigenvalue weighted by atomic mass is 9.93. The Labute approximate surface area is 177 Å². The van der Waals surface area contributed by atoms with Crippen LogP contribution in [0.1, 0.15) is 32.3 Å². The van der Waals surface area contributed by atoms with Crippen molar-refractivity contribution >= 4 is 17.6 Å². The van der Waals surface area contributed by atoms with Crippen molar-refractivity contribution < 1.29 is 14.3 Å². The van der Waals surface area contributed by atoms with E-state index in [2.05, 4.69) is 10.3 Å². The smallest absolute Gasteiger partial charge is 0.321 e. The fourth-order valence-electron chi connectivity index (χ4n) is 3.64. The summed E-state index contributed by atoms with van der Waals surface area (Å²) >= 11 is 0. The minimum atomic E-state index is -0.362. The number of benzene rings is 1. The summed E-state index contributed by atoms with van der Waals surface area (Å²) in [6.07, 6.45) is 3.63. The molecule has 1 aromatic carbocycles. The van der Waals surface area contributed by atoms with Crippen molar-refractivity contribution in [2.75, 3.05) is 31.5 Å². The van der Waals surface area contributed by atoms with Crippen LogP contribution in [0.4, 0.5) is 10.5 Å². The first-order valence-corrected chi connectivity index (χ1v) is 10.3. The Kier molecular flexibility index (Phi) is 5.37. The molecule has 0 spiro atoms. The molecule has 0 atom stereocenters. The van der Waals surface area contributed by atoms with Gasteiger partial charge in [-0.3, -0.25) is 9.78 Å². The van der Waals surface area contributed by atoms with Crippen LogP contribution in [0.25, 0.3) is 0 Å². The van der Waals surface area contributed by atoms with E-state index in [1.165, 1.54) is 5.56 Å². The van der Waals surface area contributed by atoms with Gasteiger partial charge in [0.1, 0.15) is 11.9 Å². The van der Waals surface area contributed by atoms with Crippen LogP contribution in [0.5, 0.6) is 5.75 Å². The molecule has 2 aliphatic rings. The Hall–Kier alpha value is -3.09. The molecular weight excluding hydrogens is 380 g/mol. The van der Waals surface area contributed by atoms with E-state index >= 15 is 0 Å². The molecule has 0 bridgehead atoms. The molecule has 4 rings (SSSR count). The van der Waals surface area contributed by atoms with E-state index in [4.69, 9.17) is 4.74 Å². The van der Waals surface area contributed by atoms with Crippen LogP contribution in [0.2, 0.25) is 0 Å². The Bertz CT molecular complexity index is 896. The number of likely N-dealkylation sites (tertiary alicyclic amines) is 2. The van der Waals surface area contributed by atoms with E-state index in [1.807, 2.05) is 68.3 Å². The average Bonchev–Trinajstić information content (AvgIpc) is 2.64. The maximum atomic E-state index is 12.4. The van der Waals surface area contributed by atoms with E-state index in [-0.39, 0.29) is 23.5 Å². The second-order valence-corrected chi connectivity index (χ2v) is 9.04. The number of carbonyl (C=O) groups is 2. The van der Waals surface area contributed by atoms with Crippen molar-refractivity contribution in [3.05, 3.63) is 54.4 Å². The fraction of sp³-hybridized carbons (Fsp3) is 0.435. The molecule has 0 aliphatic carbocycles. The molecule has 158 valence electrons. The first kappa shape index (κ1) is 20.2. The summed E-state index contributed by atoms with van der Waals surface area (Å²) in [4.78, 5) is 32.4. The van der Waals surface area contributed by atoms with Crippen molar-refractivity contribution in [2.45, 2.75) is 32.8 Å². The Balaban J connectivity index is 1.21. The number of amides is 3. The number of rotatable bonds is 4. The molecule has 1 N–H and O–H groups in total.